The van der Waals surface area contributed by atoms with E-state index in [4.69, 9.17) is 5.11 Å². The quantitative estimate of drug-likeness (QED) is 0.736. The van der Waals surface area contributed by atoms with E-state index < -0.39 is 21.5 Å². The van der Waals surface area contributed by atoms with Crippen LogP contribution in [0, 0.1) is 5.41 Å². The van der Waals surface area contributed by atoms with Gasteiger partial charge < -0.3 is 5.11 Å². The zero-order valence-electron chi connectivity index (χ0n) is 8.73. The maximum Gasteiger partial charge on any atom is 0.312 e. The van der Waals surface area contributed by atoms with E-state index in [1.54, 1.807) is 0 Å². The lowest BCUT2D eigenvalue weighted by atomic mass is 9.75. The molecule has 5 nitrogen and oxygen atoms in total. The van der Waals surface area contributed by atoms with Gasteiger partial charge >= 0.3 is 5.97 Å². The molecule has 1 aliphatic rings. The zero-order chi connectivity index (χ0) is 11.5. The molecule has 0 bridgehead atoms. The van der Waals surface area contributed by atoms with Gasteiger partial charge in [-0.15, -0.1) is 0 Å². The molecule has 0 spiro atoms. The van der Waals surface area contributed by atoms with E-state index in [-0.39, 0.29) is 6.61 Å². The zero-order valence-corrected chi connectivity index (χ0v) is 9.55. The second kappa shape index (κ2) is 4.49. The molecular formula is C9H16O5S. The first-order valence-corrected chi connectivity index (χ1v) is 6.75. The van der Waals surface area contributed by atoms with Crippen molar-refractivity contribution in [3.63, 3.8) is 0 Å². The summed E-state index contributed by atoms with van der Waals surface area (Å²) in [5.41, 5.74) is -0.999. The Bertz CT molecular complexity index is 326. The number of carbonyl (C=O) groups is 1. The number of rotatable bonds is 4. The molecule has 1 aliphatic carbocycles. The molecule has 0 atom stereocenters. The van der Waals surface area contributed by atoms with E-state index in [9.17, 15) is 13.2 Å². The monoisotopic (exact) mass is 236 g/mol. The second-order valence-corrected chi connectivity index (χ2v) is 5.76. The predicted octanol–water partition coefficient (Wildman–Crippen LogP) is 0.998. The van der Waals surface area contributed by atoms with Crippen molar-refractivity contribution >= 4 is 16.1 Å². The third-order valence-corrected chi connectivity index (χ3v) is 3.36. The van der Waals surface area contributed by atoms with Gasteiger partial charge in [0, 0.05) is 0 Å². The van der Waals surface area contributed by atoms with Crippen LogP contribution >= 0.6 is 0 Å². The Morgan fingerprint density at radius 2 is 1.87 bits per heavy atom. The molecule has 88 valence electrons. The van der Waals surface area contributed by atoms with Crippen molar-refractivity contribution in [2.45, 2.75) is 32.1 Å². The molecule has 0 aliphatic heterocycles. The highest BCUT2D eigenvalue weighted by atomic mass is 32.2. The molecule has 0 amide bonds. The maximum absolute atomic E-state index is 11.1. The highest BCUT2D eigenvalue weighted by Gasteiger charge is 2.40. The van der Waals surface area contributed by atoms with Gasteiger partial charge in [0.15, 0.2) is 0 Å². The molecule has 1 fully saturated rings. The van der Waals surface area contributed by atoms with E-state index in [1.165, 1.54) is 0 Å². The van der Waals surface area contributed by atoms with Crippen LogP contribution < -0.4 is 0 Å². The number of carboxylic acids is 1. The summed E-state index contributed by atoms with van der Waals surface area (Å²) in [5.74, 6) is -0.953. The van der Waals surface area contributed by atoms with Crippen LogP contribution in [0.5, 0.6) is 0 Å². The fraction of sp³-hybridized carbons (Fsp3) is 0.889. The molecule has 1 N–H and O–H groups in total. The highest BCUT2D eigenvalue weighted by molar-refractivity contribution is 7.85. The van der Waals surface area contributed by atoms with Gasteiger partial charge in [0.25, 0.3) is 10.1 Å². The maximum atomic E-state index is 11.1. The average molecular weight is 236 g/mol. The van der Waals surface area contributed by atoms with Crippen molar-refractivity contribution in [3.05, 3.63) is 0 Å². The lowest BCUT2D eigenvalue weighted by Gasteiger charge is -2.32. The molecule has 0 aromatic heterocycles. The number of hydrogen-bond acceptors (Lipinski definition) is 4. The third kappa shape index (κ3) is 3.46. The van der Waals surface area contributed by atoms with Crippen LogP contribution in [0.15, 0.2) is 0 Å². The van der Waals surface area contributed by atoms with E-state index in [0.717, 1.165) is 25.5 Å². The summed E-state index contributed by atoms with van der Waals surface area (Å²) in [4.78, 5) is 11.1. The van der Waals surface area contributed by atoms with Crippen molar-refractivity contribution in [3.8, 4) is 0 Å². The molecule has 0 radical (unpaired) electrons. The Kier molecular flexibility index (Phi) is 3.72. The Balaban J connectivity index is 2.69. The lowest BCUT2D eigenvalue weighted by molar-refractivity contribution is -0.153. The Labute approximate surface area is 89.6 Å². The molecule has 0 aromatic carbocycles. The number of hydrogen-bond donors (Lipinski definition) is 1. The molecule has 0 aromatic rings. The summed E-state index contributed by atoms with van der Waals surface area (Å²) in [6.07, 6.45) is 4.58. The van der Waals surface area contributed by atoms with Crippen molar-refractivity contribution in [2.75, 3.05) is 12.9 Å². The average Bonchev–Trinajstić information content (AvgIpc) is 2.15. The van der Waals surface area contributed by atoms with Gasteiger partial charge in [-0.3, -0.25) is 8.98 Å². The van der Waals surface area contributed by atoms with Crippen LogP contribution in [0.4, 0.5) is 0 Å². The minimum Gasteiger partial charge on any atom is -0.481 e. The molecule has 15 heavy (non-hydrogen) atoms. The van der Waals surface area contributed by atoms with E-state index in [2.05, 4.69) is 4.18 Å². The molecule has 1 saturated carbocycles. The molecule has 6 heteroatoms. The van der Waals surface area contributed by atoms with Crippen LogP contribution in [-0.4, -0.2) is 32.4 Å². The standard InChI is InChI=1S/C9H16O5S/c1-15(12,13)14-7-9(8(10)11)5-3-2-4-6-9/h2-7H2,1H3,(H,10,11). The first-order chi connectivity index (χ1) is 6.86. The van der Waals surface area contributed by atoms with Crippen LogP contribution in [0.3, 0.4) is 0 Å². The summed E-state index contributed by atoms with van der Waals surface area (Å²) < 4.78 is 26.3. The van der Waals surface area contributed by atoms with Gasteiger partial charge in [0.2, 0.25) is 0 Å². The number of aliphatic carboxylic acids is 1. The Hall–Kier alpha value is -0.620. The van der Waals surface area contributed by atoms with Crippen molar-refractivity contribution in [2.24, 2.45) is 5.41 Å². The van der Waals surface area contributed by atoms with E-state index in [0.29, 0.717) is 12.8 Å². The van der Waals surface area contributed by atoms with Gasteiger partial charge in [0.1, 0.15) is 0 Å². The normalized spacial score (nSPS) is 21.1. The van der Waals surface area contributed by atoms with Crippen molar-refractivity contribution in [1.29, 1.82) is 0 Å². The van der Waals surface area contributed by atoms with Crippen LogP contribution in [-0.2, 0) is 19.1 Å². The largest absolute Gasteiger partial charge is 0.481 e. The molecular weight excluding hydrogens is 220 g/mol. The predicted molar refractivity (Wildman–Crippen MR) is 53.9 cm³/mol. The summed E-state index contributed by atoms with van der Waals surface area (Å²) in [5, 5.41) is 9.11. The Morgan fingerprint density at radius 1 is 1.33 bits per heavy atom. The lowest BCUT2D eigenvalue weighted by Crippen LogP contribution is -2.38. The minimum atomic E-state index is -3.56. The molecule has 1 rings (SSSR count). The summed E-state index contributed by atoms with van der Waals surface area (Å²) in [7, 11) is -3.56. The smallest absolute Gasteiger partial charge is 0.312 e. The minimum absolute atomic E-state index is 0.235. The van der Waals surface area contributed by atoms with Crippen molar-refractivity contribution < 1.29 is 22.5 Å². The fourth-order valence-electron chi connectivity index (χ4n) is 1.87. The first kappa shape index (κ1) is 12.4. The topological polar surface area (TPSA) is 80.7 Å². The second-order valence-electron chi connectivity index (χ2n) is 4.11. The van der Waals surface area contributed by atoms with Crippen LogP contribution in [0.1, 0.15) is 32.1 Å². The third-order valence-electron chi connectivity index (χ3n) is 2.81. The van der Waals surface area contributed by atoms with Gasteiger partial charge in [-0.25, -0.2) is 0 Å². The molecule has 0 heterocycles. The van der Waals surface area contributed by atoms with Gasteiger partial charge in [-0.05, 0) is 12.8 Å². The van der Waals surface area contributed by atoms with E-state index >= 15 is 0 Å². The fourth-order valence-corrected chi connectivity index (χ4v) is 2.31. The SMILES string of the molecule is CS(=O)(=O)OCC1(C(=O)O)CCCCC1. The molecule has 0 unspecified atom stereocenters. The first-order valence-electron chi connectivity index (χ1n) is 4.94. The highest BCUT2D eigenvalue weighted by Crippen LogP contribution is 2.37. The number of carboxylic acid groups (broad SMARTS) is 1. The van der Waals surface area contributed by atoms with E-state index in [1.807, 2.05) is 0 Å². The molecule has 0 saturated heterocycles. The summed E-state index contributed by atoms with van der Waals surface area (Å²) >= 11 is 0. The van der Waals surface area contributed by atoms with Gasteiger partial charge in [0.05, 0.1) is 18.3 Å². The Morgan fingerprint density at radius 3 is 2.27 bits per heavy atom. The van der Waals surface area contributed by atoms with Crippen molar-refractivity contribution in [1.82, 2.24) is 0 Å². The summed E-state index contributed by atoms with van der Waals surface area (Å²) in [6.45, 7) is -0.235. The van der Waals surface area contributed by atoms with Crippen LogP contribution in [0.2, 0.25) is 0 Å². The van der Waals surface area contributed by atoms with Gasteiger partial charge in [-0.2, -0.15) is 8.42 Å². The van der Waals surface area contributed by atoms with Crippen LogP contribution in [0.25, 0.3) is 0 Å². The van der Waals surface area contributed by atoms with Gasteiger partial charge in [-0.1, -0.05) is 19.3 Å². The summed E-state index contributed by atoms with van der Waals surface area (Å²) in [6, 6.07) is 0.